The molecule has 0 saturated heterocycles. The van der Waals surface area contributed by atoms with Crippen molar-refractivity contribution in [2.24, 2.45) is 10.9 Å². The van der Waals surface area contributed by atoms with Crippen molar-refractivity contribution in [2.75, 3.05) is 7.11 Å². The van der Waals surface area contributed by atoms with E-state index in [1.54, 1.807) is 6.92 Å². The van der Waals surface area contributed by atoms with Gasteiger partial charge in [-0.15, -0.1) is 0 Å². The van der Waals surface area contributed by atoms with E-state index < -0.39 is 29.8 Å². The Kier molecular flexibility index (Phi) is 9.19. The molecule has 0 aliphatic heterocycles. The second-order valence-corrected chi connectivity index (χ2v) is 7.66. The highest BCUT2D eigenvalue weighted by Gasteiger charge is 2.23. The number of nitrogens with zero attached hydrogens (tertiary/aromatic N) is 1. The number of amides is 1. The molecule has 2 rings (SSSR count). The van der Waals surface area contributed by atoms with Crippen LogP contribution in [0.3, 0.4) is 0 Å². The molecule has 2 N–H and O–H groups in total. The third-order valence-electron chi connectivity index (χ3n) is 5.07. The number of carbonyl (C=O) groups excluding carboxylic acids is 1. The zero-order valence-electron chi connectivity index (χ0n) is 18.7. The first-order valence-electron chi connectivity index (χ1n) is 10.2. The summed E-state index contributed by atoms with van der Waals surface area (Å²) in [7, 11) is 1.26. The van der Waals surface area contributed by atoms with E-state index in [9.17, 15) is 26.7 Å². The van der Waals surface area contributed by atoms with Gasteiger partial charge in [-0.1, -0.05) is 11.6 Å². The van der Waals surface area contributed by atoms with Crippen LogP contribution in [-0.4, -0.2) is 25.3 Å². The van der Waals surface area contributed by atoms with E-state index in [1.165, 1.54) is 13.3 Å². The van der Waals surface area contributed by atoms with Crippen LogP contribution in [0.4, 0.5) is 22.0 Å². The molecule has 33 heavy (non-hydrogen) atoms. The first kappa shape index (κ1) is 26.1. The van der Waals surface area contributed by atoms with Gasteiger partial charge in [0.05, 0.1) is 7.11 Å². The lowest BCUT2D eigenvalue weighted by Gasteiger charge is -2.23. The topological polar surface area (TPSA) is 62.7 Å². The molecular weight excluding hydrogens is 445 g/mol. The largest absolute Gasteiger partial charge is 0.490 e. The van der Waals surface area contributed by atoms with Gasteiger partial charge in [0, 0.05) is 24.9 Å². The number of aliphatic imine (C=N–C) groups is 1. The number of halogens is 5. The molecule has 0 aromatic heterocycles. The second kappa shape index (κ2) is 11.6. The monoisotopic (exact) mass is 471 g/mol. The summed E-state index contributed by atoms with van der Waals surface area (Å²) < 4.78 is 70.3. The Morgan fingerprint density at radius 2 is 1.88 bits per heavy atom. The van der Waals surface area contributed by atoms with Crippen molar-refractivity contribution < 1.29 is 31.5 Å². The first-order chi connectivity index (χ1) is 15.5. The number of ether oxygens (including phenoxy) is 1. The van der Waals surface area contributed by atoms with Gasteiger partial charge in [-0.25, -0.2) is 26.9 Å². The fourth-order valence-corrected chi connectivity index (χ4v) is 3.36. The smallest absolute Gasteiger partial charge is 0.293 e. The molecule has 1 atom stereocenters. The zero-order valence-corrected chi connectivity index (χ0v) is 18.7. The van der Waals surface area contributed by atoms with Crippen molar-refractivity contribution in [3.63, 3.8) is 0 Å². The van der Waals surface area contributed by atoms with Crippen molar-refractivity contribution in [2.45, 2.75) is 46.6 Å². The molecule has 10 heteroatoms. The molecule has 0 saturated carbocycles. The summed E-state index contributed by atoms with van der Waals surface area (Å²) in [6.45, 7) is 5.09. The Hall–Kier alpha value is -3.17. The summed E-state index contributed by atoms with van der Waals surface area (Å²) in [5.41, 5.74) is 2.42. The predicted octanol–water partition coefficient (Wildman–Crippen LogP) is 5.11. The van der Waals surface area contributed by atoms with Gasteiger partial charge < -0.3 is 15.4 Å². The summed E-state index contributed by atoms with van der Waals surface area (Å²) in [4.78, 5) is 16.8. The van der Waals surface area contributed by atoms with Crippen LogP contribution in [-0.2, 0) is 16.1 Å². The molecule has 1 amide bonds. The fourth-order valence-electron chi connectivity index (χ4n) is 3.36. The molecule has 0 bridgehead atoms. The highest BCUT2D eigenvalue weighted by atomic mass is 19.3. The van der Waals surface area contributed by atoms with Crippen LogP contribution in [0.15, 0.2) is 52.0 Å². The number of hydrogen-bond donors (Lipinski definition) is 2. The summed E-state index contributed by atoms with van der Waals surface area (Å²) in [5.74, 6) is -5.07. The predicted molar refractivity (Wildman–Crippen MR) is 115 cm³/mol. The average Bonchev–Trinajstić information content (AvgIpc) is 2.72. The van der Waals surface area contributed by atoms with Crippen LogP contribution in [0.5, 0.6) is 0 Å². The Morgan fingerprint density at radius 3 is 2.45 bits per heavy atom. The number of carbonyl (C=O) groups is 1. The van der Waals surface area contributed by atoms with Gasteiger partial charge in [0.1, 0.15) is 5.84 Å². The number of rotatable bonds is 8. The summed E-state index contributed by atoms with van der Waals surface area (Å²) >= 11 is 0. The van der Waals surface area contributed by atoms with E-state index in [4.69, 9.17) is 4.74 Å². The summed E-state index contributed by atoms with van der Waals surface area (Å²) in [5, 5.41) is 5.21. The summed E-state index contributed by atoms with van der Waals surface area (Å²) in [6, 6.07) is 1.67. The van der Waals surface area contributed by atoms with Gasteiger partial charge in [0.2, 0.25) is 6.43 Å². The standard InChI is InChI=1S/C23H26F5N3O2/c1-12-5-13(2)19(8-16(12)9-21(26)27)30-14(3)31-23(32)20(33-4)11-29-10-15-6-17(24)22(28)18(25)7-15/h5-7,11,16,21,29H,8-10H2,1-4H3,(H,30,31,32)/b20-11+. The number of benzene rings is 1. The molecule has 1 aliphatic rings. The quantitative estimate of drug-likeness (QED) is 0.138. The van der Waals surface area contributed by atoms with Crippen molar-refractivity contribution >= 4 is 11.7 Å². The number of methoxy groups -OCH3 is 1. The third-order valence-corrected chi connectivity index (χ3v) is 5.07. The van der Waals surface area contributed by atoms with E-state index in [0.29, 0.717) is 12.1 Å². The lowest BCUT2D eigenvalue weighted by atomic mass is 9.85. The first-order valence-corrected chi connectivity index (χ1v) is 10.2. The van der Waals surface area contributed by atoms with Crippen LogP contribution in [0.25, 0.3) is 0 Å². The molecule has 1 unspecified atom stereocenters. The van der Waals surface area contributed by atoms with Crippen LogP contribution in [0.2, 0.25) is 0 Å². The van der Waals surface area contributed by atoms with Crippen LogP contribution >= 0.6 is 0 Å². The minimum absolute atomic E-state index is 0.0926. The molecule has 0 radical (unpaired) electrons. The average molecular weight is 471 g/mol. The number of allylic oxidation sites excluding steroid dienone is 4. The Bertz CT molecular complexity index is 992. The molecule has 1 aliphatic carbocycles. The van der Waals surface area contributed by atoms with Gasteiger partial charge in [-0.2, -0.15) is 0 Å². The molecule has 5 nitrogen and oxygen atoms in total. The highest BCUT2D eigenvalue weighted by Crippen LogP contribution is 2.33. The number of nitrogens with one attached hydrogen (secondary N) is 2. The van der Waals surface area contributed by atoms with Gasteiger partial charge in [-0.05, 0) is 56.4 Å². The molecule has 180 valence electrons. The van der Waals surface area contributed by atoms with Crippen LogP contribution < -0.4 is 10.6 Å². The van der Waals surface area contributed by atoms with Gasteiger partial charge in [-0.3, -0.25) is 4.79 Å². The minimum atomic E-state index is -2.42. The van der Waals surface area contributed by atoms with Crippen molar-refractivity contribution in [3.8, 4) is 0 Å². The van der Waals surface area contributed by atoms with Crippen molar-refractivity contribution in [1.82, 2.24) is 10.6 Å². The number of alkyl halides is 2. The minimum Gasteiger partial charge on any atom is -0.490 e. The van der Waals surface area contributed by atoms with Crippen molar-refractivity contribution in [1.29, 1.82) is 0 Å². The van der Waals surface area contributed by atoms with E-state index in [0.717, 1.165) is 23.3 Å². The van der Waals surface area contributed by atoms with E-state index in [2.05, 4.69) is 15.6 Å². The highest BCUT2D eigenvalue weighted by molar-refractivity contribution is 6.04. The lowest BCUT2D eigenvalue weighted by molar-refractivity contribution is -0.119. The van der Waals surface area contributed by atoms with Crippen LogP contribution in [0, 0.1) is 23.4 Å². The maximum atomic E-state index is 13.3. The van der Waals surface area contributed by atoms with E-state index in [1.807, 2.05) is 19.9 Å². The second-order valence-electron chi connectivity index (χ2n) is 7.66. The molecule has 1 aromatic carbocycles. The molecule has 0 spiro atoms. The van der Waals surface area contributed by atoms with Gasteiger partial charge >= 0.3 is 0 Å². The van der Waals surface area contributed by atoms with Gasteiger partial charge in [0.25, 0.3) is 5.91 Å². The number of hydrogen-bond acceptors (Lipinski definition) is 4. The molecule has 0 heterocycles. The molecule has 0 fully saturated rings. The Labute approximate surface area is 189 Å². The fraction of sp³-hybridized carbons (Fsp3) is 0.391. The maximum Gasteiger partial charge on any atom is 0.293 e. The SMILES string of the molecule is CO/C(=C/NCc1cc(F)c(F)c(F)c1)C(=O)NC(C)=NC1=C(C)C=C(C)C(CC(F)F)C1. The number of amidine groups is 1. The summed E-state index contributed by atoms with van der Waals surface area (Å²) in [6.07, 6.45) is 0.663. The Balaban J connectivity index is 2.04. The van der Waals surface area contributed by atoms with E-state index in [-0.39, 0.29) is 36.0 Å². The third kappa shape index (κ3) is 7.44. The van der Waals surface area contributed by atoms with E-state index >= 15 is 0 Å². The normalized spacial score (nSPS) is 17.3. The van der Waals surface area contributed by atoms with Gasteiger partial charge in [0.15, 0.2) is 23.2 Å². The van der Waals surface area contributed by atoms with Crippen LogP contribution in [0.1, 0.15) is 39.2 Å². The lowest BCUT2D eigenvalue weighted by Crippen LogP contribution is -2.31. The molecule has 1 aromatic rings. The Morgan fingerprint density at radius 1 is 1.24 bits per heavy atom. The zero-order chi connectivity index (χ0) is 24.7. The maximum absolute atomic E-state index is 13.3. The van der Waals surface area contributed by atoms with Crippen molar-refractivity contribution in [3.05, 3.63) is 70.0 Å². The molecular formula is C23H26F5N3O2.